The number of nitrogens with one attached hydrogen (secondary N) is 1. The van der Waals surface area contributed by atoms with Crippen molar-refractivity contribution in [3.8, 4) is 0 Å². The zero-order chi connectivity index (χ0) is 8.55. The molecule has 5 heteroatoms. The lowest BCUT2D eigenvalue weighted by atomic mass is 10.4. The Bertz CT molecular complexity index is 391. The lowest BCUT2D eigenvalue weighted by Crippen LogP contribution is -1.92. The topological polar surface area (TPSA) is 42.1 Å². The van der Waals surface area contributed by atoms with Crippen molar-refractivity contribution >= 4 is 43.8 Å². The number of hydrogen-bond acceptors (Lipinski definition) is 3. The van der Waals surface area contributed by atoms with Crippen molar-refractivity contribution in [2.24, 2.45) is 0 Å². The smallest absolute Gasteiger partial charge is 0.359 e. The minimum atomic E-state index is -0.357. The minimum absolute atomic E-state index is 0.357. The third-order valence-corrected chi connectivity index (χ3v) is 2.88. The van der Waals surface area contributed by atoms with Gasteiger partial charge in [0.25, 0.3) is 0 Å². The van der Waals surface area contributed by atoms with E-state index in [2.05, 4.69) is 25.1 Å². The van der Waals surface area contributed by atoms with Gasteiger partial charge in [-0.3, -0.25) is 0 Å². The molecule has 0 aliphatic heterocycles. The third-order valence-electron chi connectivity index (χ3n) is 1.51. The molecule has 2 aromatic rings. The van der Waals surface area contributed by atoms with Gasteiger partial charge in [0.15, 0.2) is 16.3 Å². The van der Waals surface area contributed by atoms with Gasteiger partial charge in [-0.05, 0) is 12.1 Å². The van der Waals surface area contributed by atoms with Gasteiger partial charge in [-0.15, -0.1) is 11.3 Å². The highest BCUT2D eigenvalue weighted by Crippen LogP contribution is 2.25. The van der Waals surface area contributed by atoms with Crippen LogP contribution >= 0.6 is 27.6 Å². The maximum absolute atomic E-state index is 11.0. The van der Waals surface area contributed by atoms with Crippen LogP contribution in [0, 0.1) is 0 Å². The molecule has 0 spiro atoms. The number of fused-ring (bicyclic) bond motifs is 1. The fourth-order valence-corrected chi connectivity index (χ4v) is 2.17. The number of carbonyl (C=O) groups is 1. The Hall–Kier alpha value is -0.810. The molecule has 0 atom stereocenters. The van der Waals surface area contributed by atoms with Crippen molar-refractivity contribution in [2.75, 3.05) is 0 Å². The van der Waals surface area contributed by atoms with E-state index in [9.17, 15) is 4.79 Å². The SMILES string of the molecule is O=C(OBr)c1cc2[nH]ccc2s1. The quantitative estimate of drug-likeness (QED) is 0.840. The minimum Gasteiger partial charge on any atom is -0.379 e. The number of aromatic amines is 1. The van der Waals surface area contributed by atoms with Crippen LogP contribution in [0.2, 0.25) is 0 Å². The van der Waals surface area contributed by atoms with E-state index in [1.165, 1.54) is 11.3 Å². The van der Waals surface area contributed by atoms with Crippen LogP contribution in [-0.4, -0.2) is 11.0 Å². The normalized spacial score (nSPS) is 10.4. The Morgan fingerprint density at radius 1 is 1.67 bits per heavy atom. The summed E-state index contributed by atoms with van der Waals surface area (Å²) >= 11 is 4.04. The van der Waals surface area contributed by atoms with Gasteiger partial charge in [0.2, 0.25) is 0 Å². The van der Waals surface area contributed by atoms with Crippen LogP contribution in [0.4, 0.5) is 0 Å². The van der Waals surface area contributed by atoms with Crippen LogP contribution in [0.15, 0.2) is 18.3 Å². The molecule has 2 aromatic heterocycles. The molecular weight excluding hydrogens is 242 g/mol. The average molecular weight is 246 g/mol. The highest BCUT2D eigenvalue weighted by Gasteiger charge is 2.10. The summed E-state index contributed by atoms with van der Waals surface area (Å²) in [7, 11) is 0. The molecule has 0 aliphatic carbocycles. The molecule has 0 aliphatic rings. The Morgan fingerprint density at radius 3 is 3.17 bits per heavy atom. The van der Waals surface area contributed by atoms with Crippen LogP contribution in [-0.2, 0) is 3.83 Å². The Kier molecular flexibility index (Phi) is 1.90. The number of hydrogen-bond donors (Lipinski definition) is 1. The lowest BCUT2D eigenvalue weighted by molar-refractivity contribution is 0.0787. The molecule has 0 amide bonds. The van der Waals surface area contributed by atoms with Crippen molar-refractivity contribution < 1.29 is 8.62 Å². The lowest BCUT2D eigenvalue weighted by Gasteiger charge is -1.87. The van der Waals surface area contributed by atoms with E-state index in [-0.39, 0.29) is 5.97 Å². The van der Waals surface area contributed by atoms with E-state index in [4.69, 9.17) is 0 Å². The number of rotatable bonds is 1. The average Bonchev–Trinajstić information content (AvgIpc) is 2.60. The molecule has 2 rings (SSSR count). The Balaban J connectivity index is 2.51. The number of halogens is 1. The first-order valence-electron chi connectivity index (χ1n) is 3.21. The van der Waals surface area contributed by atoms with Gasteiger partial charge in [-0.25, -0.2) is 4.79 Å². The van der Waals surface area contributed by atoms with Crippen LogP contribution in [0.5, 0.6) is 0 Å². The molecule has 0 radical (unpaired) electrons. The first-order valence-corrected chi connectivity index (χ1v) is 4.67. The maximum atomic E-state index is 11.0. The van der Waals surface area contributed by atoms with Crippen molar-refractivity contribution in [3.63, 3.8) is 0 Å². The fourth-order valence-electron chi connectivity index (χ4n) is 0.987. The number of thiophene rings is 1. The summed E-state index contributed by atoms with van der Waals surface area (Å²) in [5.41, 5.74) is 0.966. The highest BCUT2D eigenvalue weighted by molar-refractivity contribution is 9.06. The van der Waals surface area contributed by atoms with Crippen LogP contribution in [0.3, 0.4) is 0 Å². The summed E-state index contributed by atoms with van der Waals surface area (Å²) in [4.78, 5) is 14.6. The van der Waals surface area contributed by atoms with Crippen molar-refractivity contribution in [1.29, 1.82) is 0 Å². The zero-order valence-corrected chi connectivity index (χ0v) is 8.24. The van der Waals surface area contributed by atoms with Gasteiger partial charge in [0.05, 0.1) is 10.2 Å². The summed E-state index contributed by atoms with van der Waals surface area (Å²) in [6, 6.07) is 3.69. The molecule has 0 saturated carbocycles. The number of H-pyrrole nitrogens is 1. The molecule has 0 bridgehead atoms. The molecular formula is C7H4BrNO2S. The van der Waals surface area contributed by atoms with Gasteiger partial charge < -0.3 is 8.81 Å². The zero-order valence-electron chi connectivity index (χ0n) is 5.83. The Labute approximate surface area is 80.8 Å². The molecule has 62 valence electrons. The van der Waals surface area contributed by atoms with Gasteiger partial charge in [0, 0.05) is 6.20 Å². The standard InChI is InChI=1S/C7H4BrNO2S/c8-11-7(10)6-3-4-5(12-6)1-2-9-4/h1-3,9H. The maximum Gasteiger partial charge on any atom is 0.359 e. The van der Waals surface area contributed by atoms with Crippen molar-refractivity contribution in [3.05, 3.63) is 23.2 Å². The number of carbonyl (C=O) groups excluding carboxylic acids is 1. The molecule has 0 aromatic carbocycles. The predicted octanol–water partition coefficient (Wildman–Crippen LogP) is 2.70. The molecule has 1 N–H and O–H groups in total. The summed E-state index contributed by atoms with van der Waals surface area (Å²) in [6.07, 6.45) is 1.84. The Morgan fingerprint density at radius 2 is 2.50 bits per heavy atom. The third kappa shape index (κ3) is 1.15. The molecule has 12 heavy (non-hydrogen) atoms. The molecule has 0 saturated heterocycles. The second-order valence-corrected chi connectivity index (χ2v) is 3.64. The summed E-state index contributed by atoms with van der Waals surface area (Å²) in [5.74, 6) is -0.357. The summed E-state index contributed by atoms with van der Waals surface area (Å²) in [5, 5.41) is 0. The van der Waals surface area contributed by atoms with E-state index in [1.807, 2.05) is 12.3 Å². The highest BCUT2D eigenvalue weighted by atomic mass is 79.9. The largest absolute Gasteiger partial charge is 0.379 e. The molecule has 0 fully saturated rings. The van der Waals surface area contributed by atoms with Gasteiger partial charge in [-0.2, -0.15) is 0 Å². The van der Waals surface area contributed by atoms with Crippen LogP contribution < -0.4 is 0 Å². The van der Waals surface area contributed by atoms with E-state index >= 15 is 0 Å². The van der Waals surface area contributed by atoms with Gasteiger partial charge in [0.1, 0.15) is 4.88 Å². The second kappa shape index (κ2) is 2.91. The van der Waals surface area contributed by atoms with Gasteiger partial charge in [-0.1, -0.05) is 0 Å². The molecule has 2 heterocycles. The molecule has 0 unspecified atom stereocenters. The predicted molar refractivity (Wildman–Crippen MR) is 50.5 cm³/mol. The van der Waals surface area contributed by atoms with Crippen molar-refractivity contribution in [2.45, 2.75) is 0 Å². The second-order valence-electron chi connectivity index (χ2n) is 2.23. The van der Waals surface area contributed by atoms with E-state index < -0.39 is 0 Å². The first kappa shape index (κ1) is 7.82. The van der Waals surface area contributed by atoms with Crippen molar-refractivity contribution in [1.82, 2.24) is 4.98 Å². The van der Waals surface area contributed by atoms with Crippen LogP contribution in [0.1, 0.15) is 9.67 Å². The number of aromatic nitrogens is 1. The van der Waals surface area contributed by atoms with E-state index in [0.717, 1.165) is 10.2 Å². The summed E-state index contributed by atoms with van der Waals surface area (Å²) < 4.78 is 5.46. The monoisotopic (exact) mass is 245 g/mol. The van der Waals surface area contributed by atoms with Gasteiger partial charge >= 0.3 is 5.97 Å². The molecule has 3 nitrogen and oxygen atoms in total. The van der Waals surface area contributed by atoms with Crippen LogP contribution in [0.25, 0.3) is 10.2 Å². The van der Waals surface area contributed by atoms with E-state index in [1.54, 1.807) is 6.07 Å². The fraction of sp³-hybridized carbons (Fsp3) is 0. The van der Waals surface area contributed by atoms with E-state index in [0.29, 0.717) is 4.88 Å². The first-order chi connectivity index (χ1) is 5.81. The summed E-state index contributed by atoms with van der Waals surface area (Å²) in [6.45, 7) is 0.